The van der Waals surface area contributed by atoms with Crippen LogP contribution in [0.15, 0.2) is 36.5 Å². The summed E-state index contributed by atoms with van der Waals surface area (Å²) in [4.78, 5) is 5.92. The summed E-state index contributed by atoms with van der Waals surface area (Å²) in [5.41, 5.74) is 1.02. The van der Waals surface area contributed by atoms with Gasteiger partial charge < -0.3 is 10.0 Å². The highest BCUT2D eigenvalue weighted by atomic mass is 35.5. The van der Waals surface area contributed by atoms with Gasteiger partial charge in [-0.05, 0) is 25.1 Å². The van der Waals surface area contributed by atoms with Crippen molar-refractivity contribution in [2.75, 3.05) is 11.4 Å². The number of nitrogens with zero attached hydrogens (tertiary/aromatic N) is 2. The van der Waals surface area contributed by atoms with Crippen molar-refractivity contribution in [3.63, 3.8) is 0 Å². The third-order valence-corrected chi connectivity index (χ3v) is 3.17. The summed E-state index contributed by atoms with van der Waals surface area (Å²) in [6.45, 7) is 2.28. The number of aliphatic hydroxyl groups is 1. The SMILES string of the molecule is CCN(c1cc(CO)c(Cl)cn1)c1ccccc1F. The molecule has 0 aliphatic carbocycles. The summed E-state index contributed by atoms with van der Waals surface area (Å²) in [7, 11) is 0. The quantitative estimate of drug-likeness (QED) is 0.931. The zero-order valence-electron chi connectivity index (χ0n) is 10.5. The summed E-state index contributed by atoms with van der Waals surface area (Å²) in [6, 6.07) is 8.16. The van der Waals surface area contributed by atoms with Crippen molar-refractivity contribution in [2.45, 2.75) is 13.5 Å². The first kappa shape index (κ1) is 13.8. The molecule has 0 spiro atoms. The average Bonchev–Trinajstić information content (AvgIpc) is 2.43. The smallest absolute Gasteiger partial charge is 0.146 e. The zero-order valence-corrected chi connectivity index (χ0v) is 11.2. The molecule has 0 bridgehead atoms. The molecule has 1 aromatic heterocycles. The number of benzene rings is 1. The summed E-state index contributed by atoms with van der Waals surface area (Å²) in [6.07, 6.45) is 1.46. The summed E-state index contributed by atoms with van der Waals surface area (Å²) < 4.78 is 13.8. The Morgan fingerprint density at radius 1 is 1.37 bits per heavy atom. The number of hydrogen-bond donors (Lipinski definition) is 1. The molecule has 3 nitrogen and oxygen atoms in total. The van der Waals surface area contributed by atoms with Crippen molar-refractivity contribution < 1.29 is 9.50 Å². The van der Waals surface area contributed by atoms with E-state index in [1.54, 1.807) is 29.2 Å². The molecule has 0 aliphatic rings. The molecule has 0 saturated heterocycles. The van der Waals surface area contributed by atoms with Crippen LogP contribution in [0.4, 0.5) is 15.9 Å². The number of aliphatic hydroxyl groups excluding tert-OH is 1. The Morgan fingerprint density at radius 2 is 2.11 bits per heavy atom. The van der Waals surface area contributed by atoms with Crippen molar-refractivity contribution in [3.05, 3.63) is 52.9 Å². The molecule has 2 rings (SSSR count). The first-order valence-corrected chi connectivity index (χ1v) is 6.32. The molecule has 0 saturated carbocycles. The Morgan fingerprint density at radius 3 is 2.74 bits per heavy atom. The van der Waals surface area contributed by atoms with E-state index in [-0.39, 0.29) is 12.4 Å². The molecule has 1 aromatic carbocycles. The first-order chi connectivity index (χ1) is 9.17. The molecule has 1 N–H and O–H groups in total. The molecule has 2 aromatic rings. The van der Waals surface area contributed by atoms with Crippen molar-refractivity contribution in [1.82, 2.24) is 4.98 Å². The number of para-hydroxylation sites is 1. The van der Waals surface area contributed by atoms with Crippen LogP contribution in [0.2, 0.25) is 5.02 Å². The number of aromatic nitrogens is 1. The molecule has 0 aliphatic heterocycles. The Bertz CT molecular complexity index is 577. The highest BCUT2D eigenvalue weighted by Gasteiger charge is 2.14. The van der Waals surface area contributed by atoms with Crippen LogP contribution in [0.25, 0.3) is 0 Å². The normalized spacial score (nSPS) is 10.5. The number of anilines is 2. The highest BCUT2D eigenvalue weighted by Crippen LogP contribution is 2.28. The monoisotopic (exact) mass is 280 g/mol. The van der Waals surface area contributed by atoms with Crippen LogP contribution in [0.3, 0.4) is 0 Å². The van der Waals surface area contributed by atoms with Crippen LogP contribution in [-0.2, 0) is 6.61 Å². The Kier molecular flexibility index (Phi) is 4.35. The minimum atomic E-state index is -0.313. The van der Waals surface area contributed by atoms with E-state index in [1.165, 1.54) is 12.3 Å². The first-order valence-electron chi connectivity index (χ1n) is 5.94. The van der Waals surface area contributed by atoms with E-state index in [0.717, 1.165) is 0 Å². The van der Waals surface area contributed by atoms with Gasteiger partial charge in [0.15, 0.2) is 0 Å². The van der Waals surface area contributed by atoms with Crippen molar-refractivity contribution in [1.29, 1.82) is 0 Å². The second-order valence-electron chi connectivity index (χ2n) is 3.99. The molecule has 0 unspecified atom stereocenters. The van der Waals surface area contributed by atoms with Crippen molar-refractivity contribution in [2.24, 2.45) is 0 Å². The van der Waals surface area contributed by atoms with E-state index in [2.05, 4.69) is 4.98 Å². The summed E-state index contributed by atoms with van der Waals surface area (Å²) in [5, 5.41) is 9.62. The minimum absolute atomic E-state index is 0.177. The van der Waals surface area contributed by atoms with Crippen LogP contribution in [0.5, 0.6) is 0 Å². The fourth-order valence-corrected chi connectivity index (χ4v) is 2.03. The lowest BCUT2D eigenvalue weighted by Gasteiger charge is -2.23. The van der Waals surface area contributed by atoms with E-state index in [1.807, 2.05) is 6.92 Å². The molecule has 100 valence electrons. The third-order valence-electron chi connectivity index (χ3n) is 2.83. The molecule has 0 atom stereocenters. The molecule has 5 heteroatoms. The molecule has 0 fully saturated rings. The number of rotatable bonds is 4. The predicted octanol–water partition coefficient (Wildman–Crippen LogP) is 3.52. The van der Waals surface area contributed by atoms with Gasteiger partial charge in [-0.1, -0.05) is 23.7 Å². The maximum Gasteiger partial charge on any atom is 0.146 e. The molecule has 19 heavy (non-hydrogen) atoms. The van der Waals surface area contributed by atoms with Gasteiger partial charge in [-0.3, -0.25) is 0 Å². The van der Waals surface area contributed by atoms with Gasteiger partial charge in [-0.15, -0.1) is 0 Å². The zero-order chi connectivity index (χ0) is 13.8. The molecule has 0 radical (unpaired) electrons. The lowest BCUT2D eigenvalue weighted by atomic mass is 10.2. The lowest BCUT2D eigenvalue weighted by Crippen LogP contribution is -2.18. The number of hydrogen-bond acceptors (Lipinski definition) is 3. The standard InChI is InChI=1S/C14H14ClFN2O/c1-2-18(13-6-4-3-5-12(13)16)14-7-10(9-19)11(15)8-17-14/h3-8,19H,2,9H2,1H3. The van der Waals surface area contributed by atoms with E-state index in [0.29, 0.717) is 28.6 Å². The second-order valence-corrected chi connectivity index (χ2v) is 4.39. The minimum Gasteiger partial charge on any atom is -0.392 e. The predicted molar refractivity (Wildman–Crippen MR) is 74.2 cm³/mol. The Hall–Kier alpha value is -1.65. The van der Waals surface area contributed by atoms with Crippen molar-refractivity contribution in [3.8, 4) is 0 Å². The maximum absolute atomic E-state index is 13.8. The Labute approximate surface area is 116 Å². The topological polar surface area (TPSA) is 36.4 Å². The fraction of sp³-hybridized carbons (Fsp3) is 0.214. The summed E-state index contributed by atoms with van der Waals surface area (Å²) in [5.74, 6) is 0.243. The van der Waals surface area contributed by atoms with Crippen molar-refractivity contribution >= 4 is 23.1 Å². The summed E-state index contributed by atoms with van der Waals surface area (Å²) >= 11 is 5.91. The van der Waals surface area contributed by atoms with E-state index in [9.17, 15) is 9.50 Å². The van der Waals surface area contributed by atoms with Gasteiger partial charge in [0.1, 0.15) is 11.6 Å². The van der Waals surface area contributed by atoms with Crippen LogP contribution >= 0.6 is 11.6 Å². The van der Waals surface area contributed by atoms with Gasteiger partial charge in [0.2, 0.25) is 0 Å². The molecular formula is C14H14ClFN2O. The van der Waals surface area contributed by atoms with Crippen LogP contribution in [0.1, 0.15) is 12.5 Å². The van der Waals surface area contributed by atoms with Crippen LogP contribution in [-0.4, -0.2) is 16.6 Å². The van der Waals surface area contributed by atoms with Gasteiger partial charge in [-0.25, -0.2) is 9.37 Å². The van der Waals surface area contributed by atoms with E-state index in [4.69, 9.17) is 11.6 Å². The maximum atomic E-state index is 13.8. The van der Waals surface area contributed by atoms with E-state index < -0.39 is 0 Å². The fourth-order valence-electron chi connectivity index (χ4n) is 1.86. The van der Waals surface area contributed by atoms with Gasteiger partial charge in [0.25, 0.3) is 0 Å². The Balaban J connectivity index is 2.45. The van der Waals surface area contributed by atoms with Gasteiger partial charge >= 0.3 is 0 Å². The second kappa shape index (κ2) is 5.99. The molecule has 0 amide bonds. The van der Waals surface area contributed by atoms with Gasteiger partial charge in [0.05, 0.1) is 17.3 Å². The third kappa shape index (κ3) is 2.85. The highest BCUT2D eigenvalue weighted by molar-refractivity contribution is 6.31. The molecule has 1 heterocycles. The largest absolute Gasteiger partial charge is 0.392 e. The lowest BCUT2D eigenvalue weighted by molar-refractivity contribution is 0.282. The number of pyridine rings is 1. The average molecular weight is 281 g/mol. The molecular weight excluding hydrogens is 267 g/mol. The van der Waals surface area contributed by atoms with E-state index >= 15 is 0 Å². The van der Waals surface area contributed by atoms with Gasteiger partial charge in [0, 0.05) is 18.3 Å². The van der Waals surface area contributed by atoms with Crippen LogP contribution < -0.4 is 4.90 Å². The number of halogens is 2. The van der Waals surface area contributed by atoms with Crippen LogP contribution in [0, 0.1) is 5.82 Å². The van der Waals surface area contributed by atoms with Gasteiger partial charge in [-0.2, -0.15) is 0 Å².